The highest BCUT2D eigenvalue weighted by Crippen LogP contribution is 2.28. The molecule has 5 nitrogen and oxygen atoms in total. The Bertz CT molecular complexity index is 1020. The summed E-state index contributed by atoms with van der Waals surface area (Å²) in [4.78, 5) is 16.5. The second-order valence-corrected chi connectivity index (χ2v) is 7.71. The summed E-state index contributed by atoms with van der Waals surface area (Å²) in [5.41, 5.74) is 5.50. The van der Waals surface area contributed by atoms with Crippen molar-refractivity contribution < 1.29 is 9.21 Å². The maximum atomic E-state index is 11.9. The predicted molar refractivity (Wildman–Crippen MR) is 117 cm³/mol. The fraction of sp³-hybridized carbons (Fsp3) is 0.318. The number of nitrogens with one attached hydrogen (secondary N) is 2. The van der Waals surface area contributed by atoms with Crippen LogP contribution in [0, 0.1) is 12.8 Å². The Morgan fingerprint density at radius 2 is 2.00 bits per heavy atom. The number of benzene rings is 2. The average Bonchev–Trinajstić information content (AvgIpc) is 3.05. The van der Waals surface area contributed by atoms with E-state index < -0.39 is 0 Å². The van der Waals surface area contributed by atoms with Crippen LogP contribution in [0.15, 0.2) is 40.8 Å². The molecular weight excluding hydrogens is 370 g/mol. The number of amides is 1. The number of nitrogens with zero attached hydrogens (tertiary/aromatic N) is 1. The fourth-order valence-corrected chi connectivity index (χ4v) is 3.13. The molecule has 0 aliphatic rings. The average molecular weight is 396 g/mol. The smallest absolute Gasteiger partial charge is 0.227 e. The molecule has 0 fully saturated rings. The number of anilines is 1. The van der Waals surface area contributed by atoms with E-state index in [-0.39, 0.29) is 16.9 Å². The molecule has 3 rings (SSSR count). The van der Waals surface area contributed by atoms with Gasteiger partial charge in [0.25, 0.3) is 0 Å². The van der Waals surface area contributed by atoms with Gasteiger partial charge in [0.15, 0.2) is 10.7 Å². The van der Waals surface area contributed by atoms with E-state index in [1.165, 1.54) is 5.56 Å². The first-order chi connectivity index (χ1) is 13.4. The van der Waals surface area contributed by atoms with Crippen molar-refractivity contribution in [2.75, 3.05) is 5.32 Å². The highest BCUT2D eigenvalue weighted by molar-refractivity contribution is 7.80. The van der Waals surface area contributed by atoms with Gasteiger partial charge in [0, 0.05) is 17.7 Å². The van der Waals surface area contributed by atoms with Crippen LogP contribution in [0.2, 0.25) is 0 Å². The largest absolute Gasteiger partial charge is 0.436 e. The Morgan fingerprint density at radius 1 is 1.21 bits per heavy atom. The summed E-state index contributed by atoms with van der Waals surface area (Å²) >= 11 is 5.28. The number of thiocarbonyl (C=S) groups is 1. The lowest BCUT2D eigenvalue weighted by molar-refractivity contribution is -0.120. The topological polar surface area (TPSA) is 67.2 Å². The summed E-state index contributed by atoms with van der Waals surface area (Å²) in [6.45, 7) is 8.08. The van der Waals surface area contributed by atoms with Crippen LogP contribution in [-0.4, -0.2) is 16.0 Å². The van der Waals surface area contributed by atoms with Gasteiger partial charge in [-0.05, 0) is 66.9 Å². The second-order valence-electron chi connectivity index (χ2n) is 7.30. The van der Waals surface area contributed by atoms with Crippen molar-refractivity contribution in [3.8, 4) is 11.5 Å². The molecule has 0 aliphatic carbocycles. The molecule has 1 amide bonds. The van der Waals surface area contributed by atoms with E-state index in [1.54, 1.807) is 0 Å². The molecule has 2 N–H and O–H groups in total. The summed E-state index contributed by atoms with van der Waals surface area (Å²) < 4.78 is 5.92. The third kappa shape index (κ3) is 4.75. The van der Waals surface area contributed by atoms with E-state index >= 15 is 0 Å². The Kier molecular flexibility index (Phi) is 6.09. The quantitative estimate of drug-likeness (QED) is 0.580. The van der Waals surface area contributed by atoms with Gasteiger partial charge in [-0.15, -0.1) is 0 Å². The summed E-state index contributed by atoms with van der Waals surface area (Å²) in [6, 6.07) is 11.9. The number of fused-ring (bicyclic) bond motifs is 1. The van der Waals surface area contributed by atoms with E-state index in [0.717, 1.165) is 34.3 Å². The second kappa shape index (κ2) is 8.52. The van der Waals surface area contributed by atoms with E-state index in [4.69, 9.17) is 16.6 Å². The molecule has 1 heterocycles. The van der Waals surface area contributed by atoms with Crippen molar-refractivity contribution >= 4 is 40.0 Å². The predicted octanol–water partition coefficient (Wildman–Crippen LogP) is 5.22. The van der Waals surface area contributed by atoms with Gasteiger partial charge < -0.3 is 15.1 Å². The number of oxazole rings is 1. The lowest BCUT2D eigenvalue weighted by Crippen LogP contribution is -2.34. The SMILES string of the molecule is CCc1ccc2oc(-c3ccc(C)c(NC(=S)NC(=O)CC(C)C)c3)nc2c1. The van der Waals surface area contributed by atoms with Crippen LogP contribution in [0.1, 0.15) is 38.3 Å². The number of aromatic nitrogens is 1. The van der Waals surface area contributed by atoms with Crippen molar-refractivity contribution in [3.05, 3.63) is 47.5 Å². The summed E-state index contributed by atoms with van der Waals surface area (Å²) in [5, 5.41) is 6.12. The van der Waals surface area contributed by atoms with Gasteiger partial charge in [-0.1, -0.05) is 32.9 Å². The first kappa shape index (κ1) is 20.0. The molecule has 146 valence electrons. The number of aryl methyl sites for hydroxylation is 2. The highest BCUT2D eigenvalue weighted by atomic mass is 32.1. The van der Waals surface area contributed by atoms with Crippen molar-refractivity contribution in [2.24, 2.45) is 5.92 Å². The molecule has 0 saturated carbocycles. The fourth-order valence-electron chi connectivity index (χ4n) is 2.91. The van der Waals surface area contributed by atoms with Crippen molar-refractivity contribution in [2.45, 2.75) is 40.5 Å². The molecule has 0 aliphatic heterocycles. The zero-order valence-electron chi connectivity index (χ0n) is 16.6. The first-order valence-corrected chi connectivity index (χ1v) is 9.88. The molecule has 28 heavy (non-hydrogen) atoms. The minimum Gasteiger partial charge on any atom is -0.436 e. The first-order valence-electron chi connectivity index (χ1n) is 9.47. The highest BCUT2D eigenvalue weighted by Gasteiger charge is 2.12. The Hall–Kier alpha value is -2.73. The van der Waals surface area contributed by atoms with E-state index in [9.17, 15) is 4.79 Å². The summed E-state index contributed by atoms with van der Waals surface area (Å²) in [6.07, 6.45) is 1.39. The minimum atomic E-state index is -0.0908. The number of rotatable bonds is 5. The van der Waals surface area contributed by atoms with Crippen LogP contribution < -0.4 is 10.6 Å². The molecule has 2 aromatic carbocycles. The third-order valence-corrected chi connectivity index (χ3v) is 4.64. The zero-order valence-corrected chi connectivity index (χ0v) is 17.4. The van der Waals surface area contributed by atoms with Gasteiger partial charge in [0.05, 0.1) is 0 Å². The van der Waals surface area contributed by atoms with Crippen LogP contribution in [0.5, 0.6) is 0 Å². The van der Waals surface area contributed by atoms with Crippen molar-refractivity contribution in [1.82, 2.24) is 10.3 Å². The van der Waals surface area contributed by atoms with Gasteiger partial charge in [0.1, 0.15) is 5.52 Å². The Balaban J connectivity index is 1.81. The monoisotopic (exact) mass is 395 g/mol. The van der Waals surface area contributed by atoms with Gasteiger partial charge >= 0.3 is 0 Å². The molecular formula is C22H25N3O2S. The standard InChI is InChI=1S/C22H25N3O2S/c1-5-15-7-9-19-18(11-15)23-21(27-19)16-8-6-14(4)17(12-16)24-22(28)25-20(26)10-13(2)3/h6-9,11-13H,5,10H2,1-4H3,(H2,24,25,26,28). The molecule has 0 saturated heterocycles. The maximum Gasteiger partial charge on any atom is 0.227 e. The molecule has 3 aromatic rings. The van der Waals surface area contributed by atoms with Crippen LogP contribution in [-0.2, 0) is 11.2 Å². The number of hydrogen-bond donors (Lipinski definition) is 2. The van der Waals surface area contributed by atoms with Crippen molar-refractivity contribution in [1.29, 1.82) is 0 Å². The van der Waals surface area contributed by atoms with Crippen LogP contribution in [0.4, 0.5) is 5.69 Å². The molecule has 0 atom stereocenters. The number of hydrogen-bond acceptors (Lipinski definition) is 4. The van der Waals surface area contributed by atoms with Gasteiger partial charge in [-0.3, -0.25) is 4.79 Å². The van der Waals surface area contributed by atoms with E-state index in [0.29, 0.717) is 12.3 Å². The van der Waals surface area contributed by atoms with Gasteiger partial charge in [-0.25, -0.2) is 4.98 Å². The summed E-state index contributed by atoms with van der Waals surface area (Å²) in [5.74, 6) is 0.744. The van der Waals surface area contributed by atoms with Crippen LogP contribution in [0.25, 0.3) is 22.6 Å². The van der Waals surface area contributed by atoms with Crippen molar-refractivity contribution in [3.63, 3.8) is 0 Å². The molecule has 6 heteroatoms. The molecule has 0 bridgehead atoms. The Labute approximate surface area is 170 Å². The zero-order chi connectivity index (χ0) is 20.3. The molecule has 0 radical (unpaired) electrons. The van der Waals surface area contributed by atoms with Gasteiger partial charge in [0.2, 0.25) is 11.8 Å². The number of carbonyl (C=O) groups excluding carboxylic acids is 1. The molecule has 1 aromatic heterocycles. The van der Waals surface area contributed by atoms with Gasteiger partial charge in [-0.2, -0.15) is 0 Å². The lowest BCUT2D eigenvalue weighted by atomic mass is 10.1. The maximum absolute atomic E-state index is 11.9. The van der Waals surface area contributed by atoms with Crippen LogP contribution in [0.3, 0.4) is 0 Å². The Morgan fingerprint density at radius 3 is 2.71 bits per heavy atom. The van der Waals surface area contributed by atoms with Crippen LogP contribution >= 0.6 is 12.2 Å². The third-order valence-electron chi connectivity index (χ3n) is 4.44. The van der Waals surface area contributed by atoms with E-state index in [1.807, 2.05) is 45.0 Å². The normalized spacial score (nSPS) is 11.0. The van der Waals surface area contributed by atoms with E-state index in [2.05, 4.69) is 34.7 Å². The number of carbonyl (C=O) groups is 1. The molecule has 0 spiro atoms. The lowest BCUT2D eigenvalue weighted by Gasteiger charge is -2.13. The summed E-state index contributed by atoms with van der Waals surface area (Å²) in [7, 11) is 0. The molecule has 0 unspecified atom stereocenters. The minimum absolute atomic E-state index is 0.0908.